The number of nitrogens with one attached hydrogen (secondary N) is 1. The van der Waals surface area contributed by atoms with Crippen LogP contribution >= 0.6 is 0 Å². The topological polar surface area (TPSA) is 90.1 Å². The van der Waals surface area contributed by atoms with Crippen molar-refractivity contribution in [2.45, 2.75) is 76.7 Å². The van der Waals surface area contributed by atoms with E-state index in [4.69, 9.17) is 0 Å². The minimum atomic E-state index is -0.673. The van der Waals surface area contributed by atoms with Gasteiger partial charge in [0.1, 0.15) is 6.07 Å². The zero-order valence-electron chi connectivity index (χ0n) is 14.5. The van der Waals surface area contributed by atoms with Crippen molar-refractivity contribution in [2.75, 3.05) is 7.11 Å². The number of methoxy groups -OCH3 is 1. The Kier molecular flexibility index (Phi) is 7.53. The summed E-state index contributed by atoms with van der Waals surface area (Å²) in [6, 6.07) is 2.08. The summed E-state index contributed by atoms with van der Waals surface area (Å²) < 4.78 is 4.69. The number of nitrogens with zero attached hydrogens (tertiary/aromatic N) is 4. The van der Waals surface area contributed by atoms with E-state index in [0.717, 1.165) is 25.7 Å². The third-order valence-corrected chi connectivity index (χ3v) is 4.69. The Bertz CT molecular complexity index is 512. The molecular weight excluding hydrogens is 306 g/mol. The summed E-state index contributed by atoms with van der Waals surface area (Å²) >= 11 is 0. The molecule has 0 aromatic heterocycles. The van der Waals surface area contributed by atoms with Gasteiger partial charge in [0.15, 0.2) is 11.4 Å². The molecule has 1 saturated carbocycles. The van der Waals surface area contributed by atoms with E-state index in [9.17, 15) is 10.1 Å². The van der Waals surface area contributed by atoms with Crippen molar-refractivity contribution in [1.29, 1.82) is 5.26 Å². The highest BCUT2D eigenvalue weighted by Gasteiger charge is 2.30. The van der Waals surface area contributed by atoms with Crippen LogP contribution in [-0.2, 0) is 9.53 Å². The van der Waals surface area contributed by atoms with Crippen LogP contribution in [-0.4, -0.2) is 24.1 Å². The fourth-order valence-corrected chi connectivity index (χ4v) is 3.33. The second kappa shape index (κ2) is 9.91. The van der Waals surface area contributed by atoms with Gasteiger partial charge in [-0.25, -0.2) is 9.80 Å². The monoisotopic (exact) mass is 333 g/mol. The number of ether oxygens (including phenoxy) is 1. The van der Waals surface area contributed by atoms with E-state index >= 15 is 0 Å². The quantitative estimate of drug-likeness (QED) is 0.472. The zero-order chi connectivity index (χ0) is 17.2. The number of esters is 1. The highest BCUT2D eigenvalue weighted by Crippen LogP contribution is 2.26. The molecule has 2 aliphatic rings. The molecule has 24 heavy (non-hydrogen) atoms. The normalized spacial score (nSPS) is 22.8. The lowest BCUT2D eigenvalue weighted by Crippen LogP contribution is -2.40. The van der Waals surface area contributed by atoms with Crippen LogP contribution in [0.25, 0.3) is 0 Å². The van der Waals surface area contributed by atoms with E-state index < -0.39 is 5.97 Å². The maximum Gasteiger partial charge on any atom is 0.352 e. The van der Waals surface area contributed by atoms with Gasteiger partial charge < -0.3 is 4.74 Å². The maximum absolute atomic E-state index is 11.8. The Morgan fingerprint density at radius 2 is 1.67 bits per heavy atom. The second-order valence-corrected chi connectivity index (χ2v) is 6.39. The minimum absolute atomic E-state index is 0.0997. The number of rotatable bonds is 2. The fraction of sp³-hybridized carbons (Fsp3) is 0.765. The Morgan fingerprint density at radius 1 is 1.12 bits per heavy atom. The standard InChI is InChI=1S/C17H27N5O2/c1-24-17(23)15(13-18)16-19-20-21-22(16)14-11-9-7-5-3-2-4-6-8-10-12-14/h14H,2-12H2,1H3,(H,19,21)/b16-15+. The molecule has 1 fully saturated rings. The Labute approximate surface area is 143 Å². The van der Waals surface area contributed by atoms with Gasteiger partial charge in [-0.3, -0.25) is 0 Å². The first-order chi connectivity index (χ1) is 11.8. The maximum atomic E-state index is 11.8. The first kappa shape index (κ1) is 18.2. The molecule has 0 aromatic carbocycles. The van der Waals surface area contributed by atoms with Crippen LogP contribution in [0.2, 0.25) is 0 Å². The largest absolute Gasteiger partial charge is 0.465 e. The number of carbonyl (C=O) groups excluding carboxylic acids is 1. The minimum Gasteiger partial charge on any atom is -0.465 e. The predicted octanol–water partition coefficient (Wildman–Crippen LogP) is 3.76. The lowest BCUT2D eigenvalue weighted by Gasteiger charge is -2.28. The summed E-state index contributed by atoms with van der Waals surface area (Å²) in [4.78, 5) is 11.8. The van der Waals surface area contributed by atoms with Crippen molar-refractivity contribution in [3.8, 4) is 6.07 Å². The molecule has 0 aromatic rings. The molecule has 0 amide bonds. The number of hydrogen-bond donors (Lipinski definition) is 1. The average molecular weight is 333 g/mol. The molecule has 1 heterocycles. The van der Waals surface area contributed by atoms with Crippen LogP contribution in [0.1, 0.15) is 70.6 Å². The van der Waals surface area contributed by atoms with E-state index in [1.54, 1.807) is 5.01 Å². The molecule has 7 heteroatoms. The number of carbonyl (C=O) groups is 1. The molecule has 0 atom stereocenters. The summed E-state index contributed by atoms with van der Waals surface area (Å²) in [5.74, 6) is -0.394. The summed E-state index contributed by atoms with van der Waals surface area (Å²) in [5, 5.41) is 18.8. The summed E-state index contributed by atoms with van der Waals surface area (Å²) in [7, 11) is 1.26. The van der Waals surface area contributed by atoms with E-state index in [1.807, 2.05) is 6.07 Å². The van der Waals surface area contributed by atoms with Crippen molar-refractivity contribution in [3.63, 3.8) is 0 Å². The Hall–Kier alpha value is -2.10. The van der Waals surface area contributed by atoms with Crippen molar-refractivity contribution in [1.82, 2.24) is 10.5 Å². The third kappa shape index (κ3) is 4.95. The molecule has 0 spiro atoms. The number of nitriles is 1. The van der Waals surface area contributed by atoms with E-state index in [1.165, 1.54) is 52.1 Å². The smallest absolute Gasteiger partial charge is 0.352 e. The molecular formula is C17H27N5O2. The molecule has 7 nitrogen and oxygen atoms in total. The highest BCUT2D eigenvalue weighted by atomic mass is 16.5. The molecule has 132 valence electrons. The predicted molar refractivity (Wildman–Crippen MR) is 89.1 cm³/mol. The van der Waals surface area contributed by atoms with E-state index in [0.29, 0.717) is 0 Å². The first-order valence-electron chi connectivity index (χ1n) is 8.96. The third-order valence-electron chi connectivity index (χ3n) is 4.69. The van der Waals surface area contributed by atoms with Gasteiger partial charge in [-0.1, -0.05) is 63.0 Å². The van der Waals surface area contributed by atoms with Gasteiger partial charge in [0.25, 0.3) is 0 Å². The Balaban J connectivity index is 2.11. The van der Waals surface area contributed by atoms with Crippen molar-refractivity contribution < 1.29 is 9.53 Å². The van der Waals surface area contributed by atoms with Crippen LogP contribution in [0.4, 0.5) is 0 Å². The van der Waals surface area contributed by atoms with Gasteiger partial charge in [-0.05, 0) is 12.8 Å². The van der Waals surface area contributed by atoms with Crippen molar-refractivity contribution in [2.24, 2.45) is 10.3 Å². The van der Waals surface area contributed by atoms with Gasteiger partial charge in [-0.15, -0.1) is 5.11 Å². The zero-order valence-corrected chi connectivity index (χ0v) is 14.5. The van der Waals surface area contributed by atoms with Crippen LogP contribution < -0.4 is 5.53 Å². The molecule has 1 aliphatic heterocycles. The molecule has 2 rings (SSSR count). The molecule has 0 unspecified atom stereocenters. The first-order valence-corrected chi connectivity index (χ1v) is 8.96. The number of hydrazine groups is 1. The summed E-state index contributed by atoms with van der Waals surface area (Å²) in [5.41, 5.74) is 2.76. The summed E-state index contributed by atoms with van der Waals surface area (Å²) in [6.45, 7) is 0. The highest BCUT2D eigenvalue weighted by molar-refractivity contribution is 5.93. The molecule has 1 aliphatic carbocycles. The SMILES string of the molecule is COC(=O)/C(C#N)=C1\N=NNN1C1CCCCCCCCCCC1. The summed E-state index contributed by atoms with van der Waals surface area (Å²) in [6.07, 6.45) is 13.3. The van der Waals surface area contributed by atoms with Gasteiger partial charge in [0, 0.05) is 0 Å². The van der Waals surface area contributed by atoms with Crippen LogP contribution in [0.15, 0.2) is 21.7 Å². The van der Waals surface area contributed by atoms with Gasteiger partial charge >= 0.3 is 5.97 Å². The lowest BCUT2D eigenvalue weighted by atomic mass is 9.97. The van der Waals surface area contributed by atoms with Crippen LogP contribution in [0, 0.1) is 11.3 Å². The molecule has 0 saturated heterocycles. The van der Waals surface area contributed by atoms with E-state index in [-0.39, 0.29) is 17.4 Å². The van der Waals surface area contributed by atoms with Crippen LogP contribution in [0.3, 0.4) is 0 Å². The second-order valence-electron chi connectivity index (χ2n) is 6.39. The van der Waals surface area contributed by atoms with Crippen LogP contribution in [0.5, 0.6) is 0 Å². The van der Waals surface area contributed by atoms with E-state index in [2.05, 4.69) is 20.6 Å². The number of hydrogen-bond acceptors (Lipinski definition) is 7. The molecule has 0 radical (unpaired) electrons. The van der Waals surface area contributed by atoms with Crippen molar-refractivity contribution in [3.05, 3.63) is 11.4 Å². The lowest BCUT2D eigenvalue weighted by molar-refractivity contribution is -0.135. The molecule has 1 N–H and O–H groups in total. The average Bonchev–Trinajstić information content (AvgIpc) is 3.05. The van der Waals surface area contributed by atoms with Gasteiger partial charge in [0.2, 0.25) is 0 Å². The van der Waals surface area contributed by atoms with Gasteiger partial charge in [0.05, 0.1) is 13.2 Å². The molecule has 0 bridgehead atoms. The fourth-order valence-electron chi connectivity index (χ4n) is 3.33. The van der Waals surface area contributed by atoms with Gasteiger partial charge in [-0.2, -0.15) is 10.8 Å². The van der Waals surface area contributed by atoms with Crippen molar-refractivity contribution >= 4 is 5.97 Å². The Morgan fingerprint density at radius 3 is 2.17 bits per heavy atom.